The Hall–Kier alpha value is -1.63. The van der Waals surface area contributed by atoms with E-state index in [0.717, 1.165) is 18.5 Å². The summed E-state index contributed by atoms with van der Waals surface area (Å²) in [7, 11) is 0. The fourth-order valence-electron chi connectivity index (χ4n) is 2.49. The van der Waals surface area contributed by atoms with E-state index in [1.165, 1.54) is 35.2 Å². The van der Waals surface area contributed by atoms with Crippen LogP contribution < -0.4 is 0 Å². The molecule has 100 valence electrons. The van der Waals surface area contributed by atoms with Gasteiger partial charge in [-0.3, -0.25) is 4.98 Å². The van der Waals surface area contributed by atoms with Crippen LogP contribution in [0.1, 0.15) is 41.4 Å². The summed E-state index contributed by atoms with van der Waals surface area (Å²) >= 11 is 0. The zero-order valence-corrected chi connectivity index (χ0v) is 12.2. The fraction of sp³-hybridized carbons (Fsp3) is 0.389. The lowest BCUT2D eigenvalue weighted by Crippen LogP contribution is -1.97. The monoisotopic (exact) mass is 253 g/mol. The molecule has 0 fully saturated rings. The maximum atomic E-state index is 4.60. The minimum absolute atomic E-state index is 1.02. The maximum absolute atomic E-state index is 4.60. The van der Waals surface area contributed by atoms with Gasteiger partial charge in [0.05, 0.1) is 0 Å². The summed E-state index contributed by atoms with van der Waals surface area (Å²) in [5.74, 6) is 0. The third-order valence-corrected chi connectivity index (χ3v) is 3.38. The topological polar surface area (TPSA) is 12.9 Å². The van der Waals surface area contributed by atoms with Crippen molar-refractivity contribution in [2.45, 2.75) is 46.5 Å². The van der Waals surface area contributed by atoms with Crippen LogP contribution in [-0.2, 0) is 19.3 Å². The van der Waals surface area contributed by atoms with Crippen molar-refractivity contribution in [1.29, 1.82) is 0 Å². The first kappa shape index (κ1) is 13.8. The molecule has 0 atom stereocenters. The van der Waals surface area contributed by atoms with Crippen LogP contribution in [0, 0.1) is 13.8 Å². The zero-order valence-electron chi connectivity index (χ0n) is 12.2. The predicted molar refractivity (Wildman–Crippen MR) is 81.6 cm³/mol. The van der Waals surface area contributed by atoms with Gasteiger partial charge in [0.1, 0.15) is 0 Å². The standard InChI is InChI=1S/C18H23N/c1-4-5-16-6-8-17(9-7-16)10-11-18-13-14(2)12-15(3)19-18/h6-9,12-13H,4-5,10-11H2,1-3H3. The van der Waals surface area contributed by atoms with Crippen molar-refractivity contribution in [2.75, 3.05) is 0 Å². The number of aromatic nitrogens is 1. The molecule has 0 aliphatic carbocycles. The van der Waals surface area contributed by atoms with E-state index in [1.54, 1.807) is 0 Å². The molecule has 0 radical (unpaired) electrons. The van der Waals surface area contributed by atoms with Crippen LogP contribution >= 0.6 is 0 Å². The SMILES string of the molecule is CCCc1ccc(CCc2cc(C)cc(C)n2)cc1. The molecular formula is C18H23N. The van der Waals surface area contributed by atoms with Crippen LogP contribution in [0.25, 0.3) is 0 Å². The molecule has 1 aromatic carbocycles. The van der Waals surface area contributed by atoms with Gasteiger partial charge in [-0.15, -0.1) is 0 Å². The van der Waals surface area contributed by atoms with Gasteiger partial charge in [-0.25, -0.2) is 0 Å². The number of benzene rings is 1. The number of hydrogen-bond donors (Lipinski definition) is 0. The summed E-state index contributed by atoms with van der Waals surface area (Å²) in [5.41, 5.74) is 6.47. The Kier molecular flexibility index (Phi) is 4.73. The third kappa shape index (κ3) is 4.20. The summed E-state index contributed by atoms with van der Waals surface area (Å²) in [5, 5.41) is 0. The average molecular weight is 253 g/mol. The highest BCUT2D eigenvalue weighted by atomic mass is 14.7. The van der Waals surface area contributed by atoms with Crippen LogP contribution in [0.5, 0.6) is 0 Å². The Balaban J connectivity index is 1.98. The summed E-state index contributed by atoms with van der Waals surface area (Å²) in [6.07, 6.45) is 4.49. The van der Waals surface area contributed by atoms with Crippen molar-refractivity contribution in [2.24, 2.45) is 0 Å². The number of pyridine rings is 1. The van der Waals surface area contributed by atoms with E-state index in [1.807, 2.05) is 0 Å². The Labute approximate surface area is 116 Å². The minimum Gasteiger partial charge on any atom is -0.258 e. The molecule has 19 heavy (non-hydrogen) atoms. The number of rotatable bonds is 5. The Morgan fingerprint density at radius 1 is 0.842 bits per heavy atom. The molecule has 1 aromatic heterocycles. The van der Waals surface area contributed by atoms with Gasteiger partial charge >= 0.3 is 0 Å². The molecule has 0 aliphatic heterocycles. The van der Waals surface area contributed by atoms with E-state index in [-0.39, 0.29) is 0 Å². The second kappa shape index (κ2) is 6.51. The van der Waals surface area contributed by atoms with Crippen molar-refractivity contribution in [3.8, 4) is 0 Å². The van der Waals surface area contributed by atoms with Crippen LogP contribution in [0.2, 0.25) is 0 Å². The maximum Gasteiger partial charge on any atom is 0.0412 e. The number of hydrogen-bond acceptors (Lipinski definition) is 1. The summed E-state index contributed by atoms with van der Waals surface area (Å²) in [4.78, 5) is 4.60. The van der Waals surface area contributed by atoms with E-state index in [9.17, 15) is 0 Å². The van der Waals surface area contributed by atoms with Gasteiger partial charge in [0.15, 0.2) is 0 Å². The third-order valence-electron chi connectivity index (χ3n) is 3.38. The lowest BCUT2D eigenvalue weighted by Gasteiger charge is -2.05. The van der Waals surface area contributed by atoms with E-state index in [0.29, 0.717) is 0 Å². The normalized spacial score (nSPS) is 10.7. The quantitative estimate of drug-likeness (QED) is 0.768. The van der Waals surface area contributed by atoms with Crippen molar-refractivity contribution in [3.63, 3.8) is 0 Å². The van der Waals surface area contributed by atoms with E-state index < -0.39 is 0 Å². The van der Waals surface area contributed by atoms with E-state index in [4.69, 9.17) is 0 Å². The van der Waals surface area contributed by atoms with Gasteiger partial charge in [0, 0.05) is 11.4 Å². The molecule has 0 bridgehead atoms. The van der Waals surface area contributed by atoms with Crippen molar-refractivity contribution in [1.82, 2.24) is 4.98 Å². The Morgan fingerprint density at radius 3 is 2.05 bits per heavy atom. The van der Waals surface area contributed by atoms with Crippen LogP contribution in [-0.4, -0.2) is 4.98 Å². The Bertz CT molecular complexity index is 506. The van der Waals surface area contributed by atoms with Crippen LogP contribution in [0.4, 0.5) is 0 Å². The molecule has 2 rings (SSSR count). The lowest BCUT2D eigenvalue weighted by atomic mass is 10.0. The molecule has 0 saturated carbocycles. The highest BCUT2D eigenvalue weighted by molar-refractivity contribution is 5.24. The molecule has 0 N–H and O–H groups in total. The number of nitrogens with zero attached hydrogens (tertiary/aromatic N) is 1. The first-order valence-corrected chi connectivity index (χ1v) is 7.19. The predicted octanol–water partition coefficient (Wildman–Crippen LogP) is 4.44. The van der Waals surface area contributed by atoms with Crippen LogP contribution in [0.15, 0.2) is 36.4 Å². The highest BCUT2D eigenvalue weighted by Crippen LogP contribution is 2.11. The molecule has 0 amide bonds. The summed E-state index contributed by atoms with van der Waals surface area (Å²) in [6, 6.07) is 13.4. The summed E-state index contributed by atoms with van der Waals surface area (Å²) in [6.45, 7) is 6.42. The number of aryl methyl sites for hydroxylation is 5. The zero-order chi connectivity index (χ0) is 13.7. The largest absolute Gasteiger partial charge is 0.258 e. The van der Waals surface area contributed by atoms with Gasteiger partial charge in [0.25, 0.3) is 0 Å². The smallest absolute Gasteiger partial charge is 0.0412 e. The molecule has 1 heterocycles. The van der Waals surface area contributed by atoms with E-state index in [2.05, 4.69) is 62.2 Å². The molecule has 0 unspecified atom stereocenters. The Morgan fingerprint density at radius 2 is 1.47 bits per heavy atom. The average Bonchev–Trinajstić information content (AvgIpc) is 2.37. The second-order valence-electron chi connectivity index (χ2n) is 5.34. The van der Waals surface area contributed by atoms with Crippen LogP contribution in [0.3, 0.4) is 0 Å². The molecular weight excluding hydrogens is 230 g/mol. The lowest BCUT2D eigenvalue weighted by molar-refractivity contribution is 0.891. The van der Waals surface area contributed by atoms with Crippen molar-refractivity contribution in [3.05, 3.63) is 64.5 Å². The first-order valence-electron chi connectivity index (χ1n) is 7.19. The first-order chi connectivity index (χ1) is 9.17. The van der Waals surface area contributed by atoms with Gasteiger partial charge in [-0.1, -0.05) is 37.6 Å². The van der Waals surface area contributed by atoms with E-state index >= 15 is 0 Å². The highest BCUT2D eigenvalue weighted by Gasteiger charge is 2.00. The molecule has 2 aromatic rings. The molecule has 0 spiro atoms. The molecule has 0 saturated heterocycles. The molecule has 1 heteroatoms. The van der Waals surface area contributed by atoms with Gasteiger partial charge in [-0.2, -0.15) is 0 Å². The molecule has 0 aliphatic rings. The summed E-state index contributed by atoms with van der Waals surface area (Å²) < 4.78 is 0. The second-order valence-corrected chi connectivity index (χ2v) is 5.34. The minimum atomic E-state index is 1.02. The molecule has 1 nitrogen and oxygen atoms in total. The van der Waals surface area contributed by atoms with Gasteiger partial charge in [0.2, 0.25) is 0 Å². The van der Waals surface area contributed by atoms with Gasteiger partial charge in [-0.05, 0) is 61.9 Å². The van der Waals surface area contributed by atoms with Crippen molar-refractivity contribution >= 4 is 0 Å². The van der Waals surface area contributed by atoms with Crippen molar-refractivity contribution < 1.29 is 0 Å². The fourth-order valence-corrected chi connectivity index (χ4v) is 2.49. The van der Waals surface area contributed by atoms with Gasteiger partial charge < -0.3 is 0 Å².